The Morgan fingerprint density at radius 3 is 2.32 bits per heavy atom. The van der Waals surface area contributed by atoms with Crippen LogP contribution in [0.3, 0.4) is 0 Å². The number of rotatable bonds is 3. The summed E-state index contributed by atoms with van der Waals surface area (Å²) in [4.78, 5) is 10.4. The second-order valence-electron chi connectivity index (χ2n) is 7.45. The molecule has 3 aromatic rings. The van der Waals surface area contributed by atoms with Gasteiger partial charge < -0.3 is 15.2 Å². The van der Waals surface area contributed by atoms with Gasteiger partial charge in [0.05, 0.1) is 17.8 Å². The van der Waals surface area contributed by atoms with Gasteiger partial charge in [-0.05, 0) is 97.9 Å². The van der Waals surface area contributed by atoms with Crippen LogP contribution in [-0.2, 0) is 0 Å². The van der Waals surface area contributed by atoms with Crippen LogP contribution in [0.5, 0.6) is 0 Å². The predicted molar refractivity (Wildman–Crippen MR) is 127 cm³/mol. The molecule has 2 atom stereocenters. The number of hydrogen-bond donors (Lipinski definition) is 2. The molecule has 4 nitrogen and oxygen atoms in total. The first kappa shape index (κ1) is 19.4. The van der Waals surface area contributed by atoms with E-state index in [2.05, 4.69) is 94.7 Å². The molecule has 2 N–H and O–H groups in total. The third-order valence-corrected chi connectivity index (χ3v) is 6.93. The van der Waals surface area contributed by atoms with Crippen LogP contribution in [0.25, 0.3) is 0 Å². The number of halogens is 1. The molecule has 28 heavy (non-hydrogen) atoms. The smallest absolute Gasteiger partial charge is 0.174 e. The molecule has 1 aromatic carbocycles. The normalized spacial score (nSPS) is 19.2. The molecule has 3 heterocycles. The van der Waals surface area contributed by atoms with Gasteiger partial charge in [-0.25, -0.2) is 0 Å². The highest BCUT2D eigenvalue weighted by Crippen LogP contribution is 2.44. The lowest BCUT2D eigenvalue weighted by atomic mass is 9.96. The van der Waals surface area contributed by atoms with Crippen LogP contribution >= 0.6 is 34.8 Å². The number of nitrogens with one attached hydrogen (secondary N) is 2. The monoisotopic (exact) mass is 502 g/mol. The van der Waals surface area contributed by atoms with Gasteiger partial charge in [-0.3, -0.25) is 4.98 Å². The van der Waals surface area contributed by atoms with Crippen LogP contribution < -0.4 is 10.2 Å². The Morgan fingerprint density at radius 1 is 1.04 bits per heavy atom. The molecule has 0 spiro atoms. The van der Waals surface area contributed by atoms with E-state index in [9.17, 15) is 0 Å². The maximum absolute atomic E-state index is 5.83. The van der Waals surface area contributed by atoms with Gasteiger partial charge in [-0.15, -0.1) is 0 Å². The molecule has 0 unspecified atom stereocenters. The lowest BCUT2D eigenvalue weighted by Gasteiger charge is -2.29. The van der Waals surface area contributed by atoms with Crippen molar-refractivity contribution < 1.29 is 0 Å². The van der Waals surface area contributed by atoms with Crippen LogP contribution in [0.15, 0.2) is 42.6 Å². The number of hydrogen-bond acceptors (Lipinski definition) is 2. The zero-order valence-electron chi connectivity index (χ0n) is 16.4. The van der Waals surface area contributed by atoms with Crippen molar-refractivity contribution in [3.8, 4) is 0 Å². The van der Waals surface area contributed by atoms with Crippen molar-refractivity contribution in [1.29, 1.82) is 0 Å². The number of aromatic amines is 1. The minimum Gasteiger partial charge on any atom is -0.362 e. The fourth-order valence-electron chi connectivity index (χ4n) is 4.14. The van der Waals surface area contributed by atoms with Gasteiger partial charge in [0.15, 0.2) is 5.11 Å². The first-order valence-corrected chi connectivity index (χ1v) is 10.8. The molecule has 4 rings (SSSR count). The molecule has 0 aliphatic carbocycles. The topological polar surface area (TPSA) is 44.0 Å². The molecule has 0 saturated carbocycles. The minimum atomic E-state index is -0.0167. The summed E-state index contributed by atoms with van der Waals surface area (Å²) in [5.41, 5.74) is 8.22. The standard InChI is InChI=1S/C22H23IN4S/c1-12-9-13(2)11-16(10-12)27-21(18-14(3)25-15(4)19(18)23)20(26-22(27)28)17-7-5-6-8-24-17/h5-11,20-21,25H,1-4H3,(H,26,28)/t20-,21-/m1/s1. The van der Waals surface area contributed by atoms with E-state index in [4.69, 9.17) is 12.2 Å². The number of thiocarbonyl (C=S) groups is 1. The van der Waals surface area contributed by atoms with E-state index in [1.807, 2.05) is 18.3 Å². The fraction of sp³-hybridized carbons (Fsp3) is 0.273. The summed E-state index contributed by atoms with van der Waals surface area (Å²) >= 11 is 8.28. The molecule has 2 aromatic heterocycles. The SMILES string of the molecule is Cc1cc(C)cc(N2C(=S)N[C@H](c3ccccn3)[C@H]2c2c(C)[nH]c(C)c2I)c1. The van der Waals surface area contributed by atoms with Crippen LogP contribution in [0.4, 0.5) is 5.69 Å². The van der Waals surface area contributed by atoms with Crippen molar-refractivity contribution in [2.24, 2.45) is 0 Å². The Hall–Kier alpha value is -1.93. The highest BCUT2D eigenvalue weighted by molar-refractivity contribution is 14.1. The summed E-state index contributed by atoms with van der Waals surface area (Å²) < 4.78 is 1.25. The number of nitrogens with zero attached hydrogens (tertiary/aromatic N) is 2. The van der Waals surface area contributed by atoms with E-state index in [1.165, 1.54) is 31.6 Å². The van der Waals surface area contributed by atoms with Crippen LogP contribution in [0.1, 0.15) is 45.9 Å². The number of anilines is 1. The summed E-state index contributed by atoms with van der Waals surface area (Å²) in [5.74, 6) is 0. The summed E-state index contributed by atoms with van der Waals surface area (Å²) in [7, 11) is 0. The minimum absolute atomic E-state index is 0.0167. The molecule has 1 aliphatic rings. The summed E-state index contributed by atoms with van der Waals surface area (Å²) in [6, 6.07) is 12.7. The van der Waals surface area contributed by atoms with E-state index in [-0.39, 0.29) is 12.1 Å². The van der Waals surface area contributed by atoms with Crippen LogP contribution in [0.2, 0.25) is 0 Å². The third kappa shape index (κ3) is 3.33. The van der Waals surface area contributed by atoms with Gasteiger partial charge >= 0.3 is 0 Å². The Labute approximate surface area is 184 Å². The molecular weight excluding hydrogens is 479 g/mol. The first-order valence-electron chi connectivity index (χ1n) is 9.30. The number of aryl methyl sites for hydroxylation is 4. The van der Waals surface area contributed by atoms with Crippen molar-refractivity contribution in [1.82, 2.24) is 15.3 Å². The summed E-state index contributed by atoms with van der Waals surface area (Å²) in [6.07, 6.45) is 1.84. The molecule has 144 valence electrons. The predicted octanol–water partition coefficient (Wildman–Crippen LogP) is 5.43. The number of pyridine rings is 1. The van der Waals surface area contributed by atoms with Gasteiger partial charge in [-0.1, -0.05) is 12.1 Å². The Balaban J connectivity index is 1.92. The Morgan fingerprint density at radius 2 is 1.75 bits per heavy atom. The zero-order valence-corrected chi connectivity index (χ0v) is 19.4. The van der Waals surface area contributed by atoms with Crippen LogP contribution in [-0.4, -0.2) is 15.1 Å². The number of benzene rings is 1. The van der Waals surface area contributed by atoms with E-state index >= 15 is 0 Å². The van der Waals surface area contributed by atoms with Crippen molar-refractivity contribution >= 4 is 45.6 Å². The molecular formula is C22H23IN4S. The number of aromatic nitrogens is 2. The van der Waals surface area contributed by atoms with Gasteiger partial charge in [0.1, 0.15) is 0 Å². The highest BCUT2D eigenvalue weighted by Gasteiger charge is 2.43. The second kappa shape index (κ2) is 7.48. The Bertz CT molecular complexity index is 1020. The molecule has 6 heteroatoms. The average molecular weight is 502 g/mol. The quantitative estimate of drug-likeness (QED) is 0.371. The molecule has 1 fully saturated rings. The van der Waals surface area contributed by atoms with Crippen molar-refractivity contribution in [2.45, 2.75) is 39.8 Å². The van der Waals surface area contributed by atoms with E-state index in [0.29, 0.717) is 0 Å². The maximum Gasteiger partial charge on any atom is 0.174 e. The molecule has 0 radical (unpaired) electrons. The van der Waals surface area contributed by atoms with Crippen LogP contribution in [0, 0.1) is 31.3 Å². The lowest BCUT2D eigenvalue weighted by Crippen LogP contribution is -2.30. The van der Waals surface area contributed by atoms with Gasteiger partial charge in [0.2, 0.25) is 0 Å². The van der Waals surface area contributed by atoms with E-state index in [0.717, 1.165) is 16.5 Å². The van der Waals surface area contributed by atoms with E-state index < -0.39 is 0 Å². The maximum atomic E-state index is 5.83. The zero-order chi connectivity index (χ0) is 20.0. The van der Waals surface area contributed by atoms with Gasteiger partial charge in [-0.2, -0.15) is 0 Å². The van der Waals surface area contributed by atoms with Crippen molar-refractivity contribution in [2.75, 3.05) is 4.90 Å². The second-order valence-corrected chi connectivity index (χ2v) is 8.91. The van der Waals surface area contributed by atoms with Gasteiger partial charge in [0.25, 0.3) is 0 Å². The molecule has 1 saturated heterocycles. The Kier molecular flexibility index (Phi) is 5.18. The average Bonchev–Trinajstić information content (AvgIpc) is 3.10. The molecule has 1 aliphatic heterocycles. The van der Waals surface area contributed by atoms with Crippen molar-refractivity contribution in [3.63, 3.8) is 0 Å². The summed E-state index contributed by atoms with van der Waals surface area (Å²) in [6.45, 7) is 8.52. The van der Waals surface area contributed by atoms with Crippen molar-refractivity contribution in [3.05, 3.63) is 79.9 Å². The lowest BCUT2D eigenvalue weighted by molar-refractivity contribution is 0.564. The van der Waals surface area contributed by atoms with Gasteiger partial charge in [0, 0.05) is 32.4 Å². The first-order chi connectivity index (χ1) is 13.4. The fourth-order valence-corrected chi connectivity index (χ4v) is 5.34. The summed E-state index contributed by atoms with van der Waals surface area (Å²) in [5, 5.41) is 4.28. The molecule has 0 bridgehead atoms. The third-order valence-electron chi connectivity index (χ3n) is 5.22. The largest absolute Gasteiger partial charge is 0.362 e. The highest BCUT2D eigenvalue weighted by atomic mass is 127. The van der Waals surface area contributed by atoms with E-state index in [1.54, 1.807) is 0 Å². The molecule has 0 amide bonds. The number of H-pyrrole nitrogens is 1.